The van der Waals surface area contributed by atoms with Crippen LogP contribution in [0, 0.1) is 19.8 Å². The van der Waals surface area contributed by atoms with Gasteiger partial charge in [-0.2, -0.15) is 5.10 Å². The van der Waals surface area contributed by atoms with Crippen LogP contribution in [0.15, 0.2) is 30.3 Å². The summed E-state index contributed by atoms with van der Waals surface area (Å²) in [7, 11) is 1.61. The van der Waals surface area contributed by atoms with E-state index in [1.165, 1.54) is 0 Å². The van der Waals surface area contributed by atoms with Crippen LogP contribution >= 0.6 is 0 Å². The van der Waals surface area contributed by atoms with Crippen molar-refractivity contribution in [1.29, 1.82) is 0 Å². The van der Waals surface area contributed by atoms with E-state index in [2.05, 4.69) is 35.4 Å². The third kappa shape index (κ3) is 5.05. The Kier molecular flexibility index (Phi) is 6.22. The minimum atomic E-state index is -0.126. The molecule has 9 heteroatoms. The van der Waals surface area contributed by atoms with E-state index in [0.717, 1.165) is 42.0 Å². The molecule has 1 amide bonds. The van der Waals surface area contributed by atoms with E-state index in [1.54, 1.807) is 7.11 Å². The van der Waals surface area contributed by atoms with Crippen molar-refractivity contribution in [1.82, 2.24) is 25.1 Å². The Morgan fingerprint density at radius 2 is 2.03 bits per heavy atom. The smallest absolute Gasteiger partial charge is 0.229 e. The zero-order valence-electron chi connectivity index (χ0n) is 18.1. The summed E-state index contributed by atoms with van der Waals surface area (Å²) >= 11 is 0. The Balaban J connectivity index is 1.44. The molecule has 1 fully saturated rings. The van der Waals surface area contributed by atoms with Crippen LogP contribution < -0.4 is 10.2 Å². The minimum absolute atomic E-state index is 0.00119. The van der Waals surface area contributed by atoms with E-state index in [0.29, 0.717) is 30.7 Å². The first-order valence-electron chi connectivity index (χ1n) is 10.4. The number of benzene rings is 1. The number of aromatic amines is 1. The molecule has 2 N–H and O–H groups in total. The standard InChI is InChI=1S/C22H27N7O2/c1-14-10-15(2)24-22(23-14)29-9-5-7-17(12-29)21(30)25-18-8-4-6-16(11-18)20-26-19(13-31-3)27-28-20/h4,6,8,10-11,17H,5,7,9,12-13H2,1-3H3,(H,25,30)(H,26,27,28)/t17-/m1/s1. The number of carbonyl (C=O) groups is 1. The van der Waals surface area contributed by atoms with Gasteiger partial charge in [-0.05, 0) is 44.9 Å². The van der Waals surface area contributed by atoms with Gasteiger partial charge in [0.2, 0.25) is 11.9 Å². The van der Waals surface area contributed by atoms with Crippen molar-refractivity contribution < 1.29 is 9.53 Å². The van der Waals surface area contributed by atoms with E-state index in [9.17, 15) is 4.79 Å². The molecule has 4 rings (SSSR count). The van der Waals surface area contributed by atoms with E-state index in [-0.39, 0.29) is 11.8 Å². The zero-order chi connectivity index (χ0) is 21.8. The van der Waals surface area contributed by atoms with Gasteiger partial charge in [0, 0.05) is 42.8 Å². The van der Waals surface area contributed by atoms with Crippen molar-refractivity contribution in [2.75, 3.05) is 30.4 Å². The topological polar surface area (TPSA) is 109 Å². The van der Waals surface area contributed by atoms with Crippen LogP contribution in [-0.2, 0) is 16.1 Å². The number of hydrogen-bond donors (Lipinski definition) is 2. The maximum Gasteiger partial charge on any atom is 0.229 e. The molecule has 1 saturated heterocycles. The maximum absolute atomic E-state index is 13.0. The predicted octanol–water partition coefficient (Wildman–Crippen LogP) is 2.88. The van der Waals surface area contributed by atoms with Gasteiger partial charge in [0.15, 0.2) is 11.6 Å². The molecule has 1 aliphatic rings. The van der Waals surface area contributed by atoms with Gasteiger partial charge in [-0.1, -0.05) is 12.1 Å². The summed E-state index contributed by atoms with van der Waals surface area (Å²) < 4.78 is 5.07. The highest BCUT2D eigenvalue weighted by molar-refractivity contribution is 5.93. The molecule has 0 aliphatic carbocycles. The molecule has 0 radical (unpaired) electrons. The number of piperidine rings is 1. The molecule has 162 valence electrons. The Labute approximate surface area is 181 Å². The van der Waals surface area contributed by atoms with Gasteiger partial charge in [-0.25, -0.2) is 15.0 Å². The van der Waals surface area contributed by atoms with Gasteiger partial charge < -0.3 is 15.0 Å². The van der Waals surface area contributed by atoms with Gasteiger partial charge in [0.05, 0.1) is 5.92 Å². The normalized spacial score (nSPS) is 16.4. The highest BCUT2D eigenvalue weighted by Gasteiger charge is 2.27. The van der Waals surface area contributed by atoms with E-state index >= 15 is 0 Å². The molecule has 0 unspecified atom stereocenters. The summed E-state index contributed by atoms with van der Waals surface area (Å²) in [6, 6.07) is 9.50. The third-order valence-electron chi connectivity index (χ3n) is 5.25. The summed E-state index contributed by atoms with van der Waals surface area (Å²) in [5, 5.41) is 10.1. The molecule has 0 bridgehead atoms. The number of rotatable bonds is 6. The molecule has 9 nitrogen and oxygen atoms in total. The lowest BCUT2D eigenvalue weighted by Crippen LogP contribution is -2.41. The van der Waals surface area contributed by atoms with Crippen molar-refractivity contribution in [3.63, 3.8) is 0 Å². The average molecular weight is 422 g/mol. The van der Waals surface area contributed by atoms with Crippen molar-refractivity contribution in [3.8, 4) is 11.4 Å². The van der Waals surface area contributed by atoms with Gasteiger partial charge in [-0.15, -0.1) is 0 Å². The number of nitrogens with one attached hydrogen (secondary N) is 2. The summed E-state index contributed by atoms with van der Waals surface area (Å²) in [5.74, 6) is 1.80. The fourth-order valence-corrected chi connectivity index (χ4v) is 3.83. The Hall–Kier alpha value is -3.33. The number of methoxy groups -OCH3 is 1. The third-order valence-corrected chi connectivity index (χ3v) is 5.25. The van der Waals surface area contributed by atoms with E-state index in [1.807, 2.05) is 44.2 Å². The average Bonchev–Trinajstić information content (AvgIpc) is 3.22. The molecule has 1 aliphatic heterocycles. The number of ether oxygens (including phenoxy) is 1. The van der Waals surface area contributed by atoms with Crippen LogP contribution in [0.4, 0.5) is 11.6 Å². The second kappa shape index (κ2) is 9.22. The maximum atomic E-state index is 13.0. The number of hydrogen-bond acceptors (Lipinski definition) is 7. The van der Waals surface area contributed by atoms with Gasteiger partial charge >= 0.3 is 0 Å². The lowest BCUT2D eigenvalue weighted by molar-refractivity contribution is -0.120. The molecule has 3 aromatic rings. The second-order valence-electron chi connectivity index (χ2n) is 7.84. The quantitative estimate of drug-likeness (QED) is 0.630. The lowest BCUT2D eigenvalue weighted by Gasteiger charge is -2.32. The van der Waals surface area contributed by atoms with Crippen LogP contribution in [0.2, 0.25) is 0 Å². The Morgan fingerprint density at radius 1 is 1.23 bits per heavy atom. The second-order valence-corrected chi connectivity index (χ2v) is 7.84. The number of H-pyrrole nitrogens is 1. The first-order chi connectivity index (χ1) is 15.0. The number of aryl methyl sites for hydroxylation is 2. The van der Waals surface area contributed by atoms with Gasteiger partial charge in [0.25, 0.3) is 0 Å². The van der Waals surface area contributed by atoms with Crippen LogP contribution in [-0.4, -0.2) is 51.3 Å². The molecule has 3 heterocycles. The van der Waals surface area contributed by atoms with Crippen molar-refractivity contribution in [3.05, 3.63) is 47.5 Å². The number of aromatic nitrogens is 5. The number of carbonyl (C=O) groups excluding carboxylic acids is 1. The van der Waals surface area contributed by atoms with Crippen LogP contribution in [0.5, 0.6) is 0 Å². The van der Waals surface area contributed by atoms with Crippen molar-refractivity contribution >= 4 is 17.5 Å². The molecule has 31 heavy (non-hydrogen) atoms. The van der Waals surface area contributed by atoms with Crippen LogP contribution in [0.25, 0.3) is 11.4 Å². The van der Waals surface area contributed by atoms with Gasteiger partial charge in [0.1, 0.15) is 6.61 Å². The zero-order valence-corrected chi connectivity index (χ0v) is 18.1. The molecule has 0 saturated carbocycles. The highest BCUT2D eigenvalue weighted by atomic mass is 16.5. The highest BCUT2D eigenvalue weighted by Crippen LogP contribution is 2.24. The monoisotopic (exact) mass is 421 g/mol. The molecule has 1 atom stereocenters. The summed E-state index contributed by atoms with van der Waals surface area (Å²) in [6.45, 7) is 5.76. The first-order valence-corrected chi connectivity index (χ1v) is 10.4. The first kappa shape index (κ1) is 20.9. The largest absolute Gasteiger partial charge is 0.377 e. The number of nitrogens with zero attached hydrogens (tertiary/aromatic N) is 5. The molecular weight excluding hydrogens is 394 g/mol. The molecule has 0 spiro atoms. The summed E-state index contributed by atoms with van der Waals surface area (Å²) in [6.07, 6.45) is 1.77. The predicted molar refractivity (Wildman–Crippen MR) is 118 cm³/mol. The van der Waals surface area contributed by atoms with Crippen molar-refractivity contribution in [2.24, 2.45) is 5.92 Å². The Morgan fingerprint density at radius 3 is 2.81 bits per heavy atom. The molecular formula is C22H27N7O2. The van der Waals surface area contributed by atoms with Crippen LogP contribution in [0.3, 0.4) is 0 Å². The molecule has 1 aromatic carbocycles. The Bertz CT molecular complexity index is 1050. The van der Waals surface area contributed by atoms with E-state index in [4.69, 9.17) is 4.74 Å². The van der Waals surface area contributed by atoms with Crippen LogP contribution in [0.1, 0.15) is 30.1 Å². The SMILES string of the molecule is COCc1nc(-c2cccc(NC(=O)[C@@H]3CCCN(c4nc(C)cc(C)n4)C3)c2)n[nH]1. The summed E-state index contributed by atoms with van der Waals surface area (Å²) in [4.78, 5) is 28.6. The minimum Gasteiger partial charge on any atom is -0.377 e. The number of amides is 1. The fraction of sp³-hybridized carbons (Fsp3) is 0.409. The fourth-order valence-electron chi connectivity index (χ4n) is 3.83. The number of anilines is 2. The lowest BCUT2D eigenvalue weighted by atomic mass is 9.97. The molecule has 2 aromatic heterocycles. The van der Waals surface area contributed by atoms with Gasteiger partial charge in [-0.3, -0.25) is 9.89 Å². The van der Waals surface area contributed by atoms with Crippen molar-refractivity contribution in [2.45, 2.75) is 33.3 Å². The summed E-state index contributed by atoms with van der Waals surface area (Å²) in [5.41, 5.74) is 3.42. The van der Waals surface area contributed by atoms with E-state index < -0.39 is 0 Å².